The normalized spacial score (nSPS) is 19.7. The molecule has 0 saturated heterocycles. The van der Waals surface area contributed by atoms with Gasteiger partial charge in [0.25, 0.3) is 0 Å². The van der Waals surface area contributed by atoms with E-state index in [4.69, 9.17) is 23.2 Å². The van der Waals surface area contributed by atoms with E-state index in [9.17, 15) is 4.39 Å². The van der Waals surface area contributed by atoms with Crippen LogP contribution < -0.4 is 0 Å². The highest BCUT2D eigenvalue weighted by atomic mass is 35.5. The fourth-order valence-corrected chi connectivity index (χ4v) is 6.13. The monoisotopic (exact) mass is 544 g/mol. The molecule has 1 aliphatic carbocycles. The quantitative estimate of drug-likeness (QED) is 0.239. The van der Waals surface area contributed by atoms with Crippen LogP contribution in [0.3, 0.4) is 0 Å². The summed E-state index contributed by atoms with van der Waals surface area (Å²) in [6.07, 6.45) is 0. The van der Waals surface area contributed by atoms with Crippen molar-refractivity contribution in [3.8, 4) is 0 Å². The molecule has 192 valence electrons. The molecule has 0 spiro atoms. The van der Waals surface area contributed by atoms with E-state index in [-0.39, 0.29) is 5.02 Å². The number of aryl methyl sites for hydroxylation is 2. The van der Waals surface area contributed by atoms with Crippen molar-refractivity contribution in [2.24, 2.45) is 5.92 Å². The minimum atomic E-state index is -1.92. The van der Waals surface area contributed by atoms with Crippen molar-refractivity contribution in [2.45, 2.75) is 33.4 Å². The van der Waals surface area contributed by atoms with Crippen LogP contribution in [0.25, 0.3) is 16.7 Å². The Bertz CT molecular complexity index is 1580. The highest BCUT2D eigenvalue weighted by molar-refractivity contribution is 6.33. The molecular weight excluding hydrogens is 517 g/mol. The first kappa shape index (κ1) is 26.4. The Morgan fingerprint density at radius 2 is 1.42 bits per heavy atom. The smallest absolute Gasteiger partial charge is 0.168 e. The molecule has 2 unspecified atom stereocenters. The average molecular weight is 546 g/mol. The summed E-state index contributed by atoms with van der Waals surface area (Å²) >= 11 is 12.9. The zero-order valence-corrected chi connectivity index (χ0v) is 23.3. The van der Waals surface area contributed by atoms with E-state index in [0.29, 0.717) is 32.9 Å². The van der Waals surface area contributed by atoms with Gasteiger partial charge in [0.2, 0.25) is 0 Å². The van der Waals surface area contributed by atoms with Crippen LogP contribution in [0.1, 0.15) is 47.2 Å². The standard InChI is InChI=1S/C34H28Cl2F2/c1-20-9-13-25(14-10-20)34(38)23(4)31(28-8-6-5-7-21(28)2)22(3)32(29-18-17-27(37)19-30(29)36)33(34)24-11-15-26(35)16-12-24/h5-19,23H,1-4H3. The van der Waals surface area contributed by atoms with Gasteiger partial charge in [0.15, 0.2) is 5.67 Å². The first-order valence-electron chi connectivity index (χ1n) is 12.6. The number of alkyl halides is 1. The molecule has 4 aromatic carbocycles. The molecular formula is C34H28Cl2F2. The van der Waals surface area contributed by atoms with Crippen LogP contribution in [0.5, 0.6) is 0 Å². The predicted molar refractivity (Wildman–Crippen MR) is 157 cm³/mol. The van der Waals surface area contributed by atoms with E-state index in [1.54, 1.807) is 18.2 Å². The maximum atomic E-state index is 18.4. The maximum absolute atomic E-state index is 18.4. The summed E-state index contributed by atoms with van der Waals surface area (Å²) in [5.74, 6) is -0.984. The predicted octanol–water partition coefficient (Wildman–Crippen LogP) is 10.6. The molecule has 0 saturated carbocycles. The van der Waals surface area contributed by atoms with Crippen LogP contribution in [0.4, 0.5) is 8.78 Å². The summed E-state index contributed by atoms with van der Waals surface area (Å²) in [7, 11) is 0. The Morgan fingerprint density at radius 3 is 2.05 bits per heavy atom. The Morgan fingerprint density at radius 1 is 0.763 bits per heavy atom. The van der Waals surface area contributed by atoms with Crippen molar-refractivity contribution < 1.29 is 8.78 Å². The fourth-order valence-electron chi connectivity index (χ4n) is 5.74. The van der Waals surface area contributed by atoms with Crippen LogP contribution >= 0.6 is 23.2 Å². The third-order valence-electron chi connectivity index (χ3n) is 7.66. The molecule has 4 heteroatoms. The van der Waals surface area contributed by atoms with E-state index in [0.717, 1.165) is 27.8 Å². The lowest BCUT2D eigenvalue weighted by molar-refractivity contribution is 0.195. The second kappa shape index (κ2) is 10.2. The zero-order chi connectivity index (χ0) is 27.2. The number of halogens is 4. The van der Waals surface area contributed by atoms with E-state index in [2.05, 4.69) is 0 Å². The average Bonchev–Trinajstić information content (AvgIpc) is 2.89. The lowest BCUT2D eigenvalue weighted by Gasteiger charge is -2.43. The molecule has 1 aliphatic rings. The molecule has 0 fully saturated rings. The summed E-state index contributed by atoms with van der Waals surface area (Å²) in [6.45, 7) is 7.99. The van der Waals surface area contributed by atoms with Gasteiger partial charge in [-0.05, 0) is 90.1 Å². The van der Waals surface area contributed by atoms with Gasteiger partial charge < -0.3 is 0 Å². The van der Waals surface area contributed by atoms with E-state index >= 15 is 4.39 Å². The lowest BCUT2D eigenvalue weighted by atomic mass is 9.63. The molecule has 0 N–H and O–H groups in total. The summed E-state index contributed by atoms with van der Waals surface area (Å²) in [5.41, 5.74) is 5.96. The Balaban J connectivity index is 1.98. The van der Waals surface area contributed by atoms with Crippen molar-refractivity contribution in [3.05, 3.63) is 146 Å². The third-order valence-corrected chi connectivity index (χ3v) is 8.23. The van der Waals surface area contributed by atoms with Crippen LogP contribution in [-0.4, -0.2) is 0 Å². The molecule has 2 atom stereocenters. The first-order valence-corrected chi connectivity index (χ1v) is 13.4. The summed E-state index contributed by atoms with van der Waals surface area (Å²) in [5, 5.41) is 0.794. The molecule has 0 aromatic heterocycles. The number of rotatable bonds is 4. The Labute approximate surface area is 233 Å². The molecule has 4 aromatic rings. The minimum absolute atomic E-state index is 0.232. The highest BCUT2D eigenvalue weighted by Gasteiger charge is 2.49. The van der Waals surface area contributed by atoms with Gasteiger partial charge in [0, 0.05) is 22.1 Å². The number of hydrogen-bond acceptors (Lipinski definition) is 0. The van der Waals surface area contributed by atoms with Gasteiger partial charge in [-0.3, -0.25) is 0 Å². The first-order chi connectivity index (χ1) is 18.1. The molecule has 5 rings (SSSR count). The van der Waals surface area contributed by atoms with Crippen molar-refractivity contribution in [3.63, 3.8) is 0 Å². The van der Waals surface area contributed by atoms with Gasteiger partial charge in [0.1, 0.15) is 5.82 Å². The topological polar surface area (TPSA) is 0 Å². The number of benzene rings is 4. The summed E-state index contributed by atoms with van der Waals surface area (Å²) in [6, 6.07) is 27.2. The molecule has 0 heterocycles. The molecule has 0 bridgehead atoms. The van der Waals surface area contributed by atoms with Gasteiger partial charge in [-0.1, -0.05) is 96.4 Å². The van der Waals surface area contributed by atoms with Crippen LogP contribution in [0.15, 0.2) is 96.6 Å². The van der Waals surface area contributed by atoms with Gasteiger partial charge in [0.05, 0.1) is 5.02 Å². The molecule has 0 amide bonds. The second-order valence-corrected chi connectivity index (χ2v) is 10.9. The van der Waals surface area contributed by atoms with Gasteiger partial charge >= 0.3 is 0 Å². The summed E-state index contributed by atoms with van der Waals surface area (Å²) < 4.78 is 32.6. The molecule has 0 nitrogen and oxygen atoms in total. The van der Waals surface area contributed by atoms with Crippen LogP contribution in [0, 0.1) is 25.6 Å². The number of hydrogen-bond donors (Lipinski definition) is 0. The SMILES string of the molecule is CC1=C(c2ccccc2C)C(C)C(F)(c2ccc(C)cc2)C(c2ccc(Cl)cc2)=C1c1ccc(F)cc1Cl. The van der Waals surface area contributed by atoms with Crippen LogP contribution in [0.2, 0.25) is 10.0 Å². The minimum Gasteiger partial charge on any atom is -0.233 e. The van der Waals surface area contributed by atoms with Crippen LogP contribution in [-0.2, 0) is 5.67 Å². The van der Waals surface area contributed by atoms with Crippen molar-refractivity contribution in [1.82, 2.24) is 0 Å². The summed E-state index contributed by atoms with van der Waals surface area (Å²) in [4.78, 5) is 0. The van der Waals surface area contributed by atoms with Gasteiger partial charge in [-0.2, -0.15) is 0 Å². The largest absolute Gasteiger partial charge is 0.233 e. The Hall–Kier alpha value is -3.20. The Kier molecular flexibility index (Phi) is 7.07. The maximum Gasteiger partial charge on any atom is 0.168 e. The van der Waals surface area contributed by atoms with E-state index in [1.165, 1.54) is 12.1 Å². The van der Waals surface area contributed by atoms with Crippen molar-refractivity contribution >= 4 is 39.9 Å². The molecule has 0 aliphatic heterocycles. The van der Waals surface area contributed by atoms with E-state index in [1.807, 2.05) is 88.4 Å². The fraction of sp³-hybridized carbons (Fsp3) is 0.176. The molecule has 38 heavy (non-hydrogen) atoms. The van der Waals surface area contributed by atoms with Gasteiger partial charge in [-0.25, -0.2) is 8.78 Å². The second-order valence-electron chi connectivity index (χ2n) is 10.0. The highest BCUT2D eigenvalue weighted by Crippen LogP contribution is 2.59. The van der Waals surface area contributed by atoms with Gasteiger partial charge in [-0.15, -0.1) is 0 Å². The lowest BCUT2D eigenvalue weighted by Crippen LogP contribution is -2.35. The van der Waals surface area contributed by atoms with E-state index < -0.39 is 17.4 Å². The zero-order valence-electron chi connectivity index (χ0n) is 21.7. The number of allylic oxidation sites excluding steroid dienone is 4. The van der Waals surface area contributed by atoms with Crippen molar-refractivity contribution in [1.29, 1.82) is 0 Å². The molecule has 0 radical (unpaired) electrons. The van der Waals surface area contributed by atoms with Crippen molar-refractivity contribution in [2.75, 3.05) is 0 Å². The third kappa shape index (κ3) is 4.40.